The predicted octanol–water partition coefficient (Wildman–Crippen LogP) is 12.8. The molecule has 0 atom stereocenters. The van der Waals surface area contributed by atoms with Gasteiger partial charge < -0.3 is 0 Å². The van der Waals surface area contributed by atoms with Gasteiger partial charge in [0.25, 0.3) is 0 Å². The molecule has 1 nitrogen and oxygen atoms in total. The molecule has 0 amide bonds. The van der Waals surface area contributed by atoms with E-state index in [-0.39, 0.29) is 19.9 Å². The van der Waals surface area contributed by atoms with Crippen LogP contribution in [0.3, 0.4) is 0 Å². The van der Waals surface area contributed by atoms with Crippen molar-refractivity contribution in [1.29, 1.82) is 0 Å². The van der Waals surface area contributed by atoms with Gasteiger partial charge in [0.15, 0.2) is 0 Å². The van der Waals surface area contributed by atoms with E-state index in [0.717, 1.165) is 5.69 Å². The summed E-state index contributed by atoms with van der Waals surface area (Å²) in [7, 11) is 0. The van der Waals surface area contributed by atoms with Crippen LogP contribution in [0, 0.1) is 0 Å². The molecule has 0 radical (unpaired) electrons. The van der Waals surface area contributed by atoms with E-state index < -0.39 is 0 Å². The van der Waals surface area contributed by atoms with Crippen LogP contribution < -0.4 is 4.90 Å². The van der Waals surface area contributed by atoms with Crippen molar-refractivity contribution in [2.75, 3.05) is 4.90 Å². The van der Waals surface area contributed by atoms with E-state index in [1.54, 1.807) is 0 Å². The van der Waals surface area contributed by atoms with Gasteiger partial charge in [0.05, 0.1) is 0 Å². The SMILES string of the molecule is CC1(C)c2ccccc2-c2c(N(c3ccc(-c4ccccc4)cc3)c3cc4ccc5c6ccccc6[se]c5c4c4ccccc34)cccc21. The van der Waals surface area contributed by atoms with Gasteiger partial charge >= 0.3 is 276 Å². The second kappa shape index (κ2) is 10.8. The van der Waals surface area contributed by atoms with E-state index >= 15 is 0 Å². The van der Waals surface area contributed by atoms with Gasteiger partial charge in [-0.15, -0.1) is 0 Å². The van der Waals surface area contributed by atoms with Gasteiger partial charge in [0, 0.05) is 0 Å². The third kappa shape index (κ3) is 4.25. The average molecular weight is 691 g/mol. The van der Waals surface area contributed by atoms with Crippen molar-refractivity contribution in [2.24, 2.45) is 0 Å². The Morgan fingerprint density at radius 2 is 1.16 bits per heavy atom. The topological polar surface area (TPSA) is 3.24 Å². The molecule has 1 aliphatic rings. The van der Waals surface area contributed by atoms with Gasteiger partial charge in [0.2, 0.25) is 0 Å². The van der Waals surface area contributed by atoms with Gasteiger partial charge in [-0.25, -0.2) is 0 Å². The number of fused-ring (bicyclic) bond motifs is 10. The quantitative estimate of drug-likeness (QED) is 0.131. The summed E-state index contributed by atoms with van der Waals surface area (Å²) in [6, 6.07) is 60.9. The van der Waals surface area contributed by atoms with Crippen molar-refractivity contribution in [2.45, 2.75) is 19.3 Å². The molecule has 10 rings (SSSR count). The fraction of sp³-hybridized carbons (Fsp3) is 0.0638. The van der Waals surface area contributed by atoms with Crippen molar-refractivity contribution in [1.82, 2.24) is 0 Å². The first-order chi connectivity index (χ1) is 24.1. The first-order valence-corrected chi connectivity index (χ1v) is 18.7. The van der Waals surface area contributed by atoms with Gasteiger partial charge in [0.1, 0.15) is 0 Å². The molecule has 0 N–H and O–H groups in total. The van der Waals surface area contributed by atoms with Crippen molar-refractivity contribution < 1.29 is 0 Å². The van der Waals surface area contributed by atoms with Crippen molar-refractivity contribution in [3.63, 3.8) is 0 Å². The van der Waals surface area contributed by atoms with Gasteiger partial charge in [-0.3, -0.25) is 0 Å². The van der Waals surface area contributed by atoms with Crippen LogP contribution in [0.5, 0.6) is 0 Å². The first kappa shape index (κ1) is 28.6. The van der Waals surface area contributed by atoms with Crippen molar-refractivity contribution >= 4 is 72.4 Å². The van der Waals surface area contributed by atoms with Crippen LogP contribution in [0.15, 0.2) is 164 Å². The first-order valence-electron chi connectivity index (χ1n) is 17.0. The average Bonchev–Trinajstić information content (AvgIpc) is 3.65. The van der Waals surface area contributed by atoms with Gasteiger partial charge in [-0.2, -0.15) is 0 Å². The summed E-state index contributed by atoms with van der Waals surface area (Å²) in [5.41, 5.74) is 11.3. The zero-order valence-corrected chi connectivity index (χ0v) is 29.2. The van der Waals surface area contributed by atoms with Crippen LogP contribution in [0.25, 0.3) is 63.1 Å². The monoisotopic (exact) mass is 691 g/mol. The molecule has 9 aromatic rings. The Morgan fingerprint density at radius 1 is 0.490 bits per heavy atom. The van der Waals surface area contributed by atoms with Crippen LogP contribution >= 0.6 is 0 Å². The predicted molar refractivity (Wildman–Crippen MR) is 211 cm³/mol. The molecule has 0 saturated heterocycles. The fourth-order valence-corrected chi connectivity index (χ4v) is 11.0. The third-order valence-corrected chi connectivity index (χ3v) is 13.2. The molecule has 8 aromatic carbocycles. The molecule has 0 unspecified atom stereocenters. The van der Waals surface area contributed by atoms with Gasteiger partial charge in [-0.05, 0) is 0 Å². The van der Waals surface area contributed by atoms with Crippen LogP contribution in [-0.4, -0.2) is 14.5 Å². The van der Waals surface area contributed by atoms with Gasteiger partial charge in [-0.1, -0.05) is 18.2 Å². The number of nitrogens with zero attached hydrogens (tertiary/aromatic N) is 1. The Morgan fingerprint density at radius 3 is 2.00 bits per heavy atom. The Kier molecular flexibility index (Phi) is 6.31. The zero-order valence-electron chi connectivity index (χ0n) is 27.4. The van der Waals surface area contributed by atoms with Crippen molar-refractivity contribution in [3.05, 3.63) is 175 Å². The molecule has 2 heteroatoms. The molecule has 1 aromatic heterocycles. The summed E-state index contributed by atoms with van der Waals surface area (Å²) in [5.74, 6) is 0. The number of benzene rings is 8. The molecule has 1 heterocycles. The molecular formula is C47H33NSe. The van der Waals surface area contributed by atoms with Crippen LogP contribution in [0.1, 0.15) is 25.0 Å². The number of hydrogen-bond donors (Lipinski definition) is 0. The number of anilines is 3. The second-order valence-corrected chi connectivity index (χ2v) is 15.9. The molecular weight excluding hydrogens is 657 g/mol. The molecule has 0 saturated carbocycles. The summed E-state index contributed by atoms with van der Waals surface area (Å²) in [6.07, 6.45) is 0. The van der Waals surface area contributed by atoms with Crippen molar-refractivity contribution in [3.8, 4) is 22.3 Å². The molecule has 0 fully saturated rings. The summed E-state index contributed by atoms with van der Waals surface area (Å²) < 4.78 is 2.98. The number of rotatable bonds is 4. The summed E-state index contributed by atoms with van der Waals surface area (Å²) in [5, 5.41) is 8.08. The maximum atomic E-state index is 2.53. The Labute approximate surface area is 292 Å². The molecule has 232 valence electrons. The molecule has 49 heavy (non-hydrogen) atoms. The minimum absolute atomic E-state index is 0.0894. The molecule has 0 spiro atoms. The maximum absolute atomic E-state index is 2.53. The normalized spacial score (nSPS) is 13.3. The Balaban J connectivity index is 1.29. The summed E-state index contributed by atoms with van der Waals surface area (Å²) in [4.78, 5) is 2.53. The molecule has 0 aliphatic heterocycles. The molecule has 1 aliphatic carbocycles. The third-order valence-electron chi connectivity index (χ3n) is 10.6. The van der Waals surface area contributed by atoms with E-state index in [1.165, 1.54) is 85.6 Å². The minimum atomic E-state index is -0.0894. The van der Waals surface area contributed by atoms with Crippen LogP contribution in [0.2, 0.25) is 0 Å². The second-order valence-electron chi connectivity index (χ2n) is 13.7. The van der Waals surface area contributed by atoms with E-state index in [4.69, 9.17) is 0 Å². The van der Waals surface area contributed by atoms with Crippen LogP contribution in [0.4, 0.5) is 17.1 Å². The van der Waals surface area contributed by atoms with Crippen LogP contribution in [-0.2, 0) is 5.41 Å². The van der Waals surface area contributed by atoms with E-state index in [0.29, 0.717) is 0 Å². The summed E-state index contributed by atoms with van der Waals surface area (Å²) in [6.45, 7) is 4.73. The Hall–Kier alpha value is -5.40. The molecule has 0 bridgehead atoms. The Bertz CT molecular complexity index is 2730. The van der Waals surface area contributed by atoms with E-state index in [9.17, 15) is 0 Å². The number of hydrogen-bond acceptors (Lipinski definition) is 1. The zero-order chi connectivity index (χ0) is 32.7. The summed E-state index contributed by atoms with van der Waals surface area (Å²) >= 11 is 0.262. The van der Waals surface area contributed by atoms with E-state index in [2.05, 4.69) is 183 Å². The van der Waals surface area contributed by atoms with E-state index in [1.807, 2.05) is 0 Å². The standard InChI is InChI=1S/C47H33NSe/c1-47(2)39-19-10-8-18-38(39)45-40(47)20-12-21-41(45)48(33-26-23-31(24-27-33)30-13-4-3-5-14-30)42-29-32-25-28-37-35-16-9-11-22-43(35)49-46(37)44(32)36-17-7-6-15-34(36)42/h3-29H,1-2H3. The fourth-order valence-electron chi connectivity index (χ4n) is 8.30.